The van der Waals surface area contributed by atoms with E-state index < -0.39 is 15.4 Å². The zero-order valence-electron chi connectivity index (χ0n) is 11.1. The lowest BCUT2D eigenvalue weighted by Gasteiger charge is -2.24. The Balaban J connectivity index is 4.17. The maximum Gasteiger partial charge on any atom is 0.221 e. The summed E-state index contributed by atoms with van der Waals surface area (Å²) in [6, 6.07) is 0. The molecular formula is C11H24N2O3S. The van der Waals surface area contributed by atoms with Crippen LogP contribution in [0.25, 0.3) is 0 Å². The molecule has 0 aliphatic heterocycles. The highest BCUT2D eigenvalue weighted by molar-refractivity contribution is 7.91. The van der Waals surface area contributed by atoms with E-state index in [1.54, 1.807) is 13.8 Å². The van der Waals surface area contributed by atoms with Crippen LogP contribution in [0.1, 0.15) is 34.1 Å². The van der Waals surface area contributed by atoms with Crippen molar-refractivity contribution in [2.45, 2.75) is 39.7 Å². The SMILES string of the molecule is CC(C)CS(=O)(=O)CCC(=O)NC(C)(C)CN. The Morgan fingerprint density at radius 1 is 1.35 bits per heavy atom. The average molecular weight is 264 g/mol. The summed E-state index contributed by atoms with van der Waals surface area (Å²) in [6.07, 6.45) is -0.00150. The quantitative estimate of drug-likeness (QED) is 0.692. The van der Waals surface area contributed by atoms with Crippen LogP contribution in [-0.2, 0) is 14.6 Å². The fourth-order valence-corrected chi connectivity index (χ4v) is 3.01. The molecule has 0 atom stereocenters. The van der Waals surface area contributed by atoms with Gasteiger partial charge in [-0.25, -0.2) is 8.42 Å². The highest BCUT2D eigenvalue weighted by Gasteiger charge is 2.20. The van der Waals surface area contributed by atoms with Crippen LogP contribution in [0, 0.1) is 5.92 Å². The minimum Gasteiger partial charge on any atom is -0.350 e. The molecule has 0 aromatic carbocycles. The third-order valence-corrected chi connectivity index (χ3v) is 4.22. The summed E-state index contributed by atoms with van der Waals surface area (Å²) < 4.78 is 23.2. The first-order valence-electron chi connectivity index (χ1n) is 5.79. The Bertz CT molecular complexity index is 348. The van der Waals surface area contributed by atoms with Crippen LogP contribution in [0.4, 0.5) is 0 Å². The summed E-state index contributed by atoms with van der Waals surface area (Å²) in [5.41, 5.74) is 4.98. The van der Waals surface area contributed by atoms with Crippen molar-refractivity contribution in [3.05, 3.63) is 0 Å². The first-order valence-corrected chi connectivity index (χ1v) is 7.61. The number of carbonyl (C=O) groups is 1. The minimum atomic E-state index is -3.13. The Labute approximate surface area is 104 Å². The molecule has 0 heterocycles. The Hall–Kier alpha value is -0.620. The average Bonchev–Trinajstić information content (AvgIpc) is 2.12. The second-order valence-electron chi connectivity index (χ2n) is 5.39. The van der Waals surface area contributed by atoms with Crippen LogP contribution in [0.15, 0.2) is 0 Å². The van der Waals surface area contributed by atoms with Gasteiger partial charge in [0, 0.05) is 18.5 Å². The maximum atomic E-state index is 11.6. The fourth-order valence-electron chi connectivity index (χ4n) is 1.33. The van der Waals surface area contributed by atoms with Gasteiger partial charge in [-0.1, -0.05) is 13.8 Å². The van der Waals surface area contributed by atoms with Crippen molar-refractivity contribution in [1.29, 1.82) is 0 Å². The maximum absolute atomic E-state index is 11.6. The van der Waals surface area contributed by atoms with Gasteiger partial charge in [-0.15, -0.1) is 0 Å². The molecule has 0 spiro atoms. The molecule has 0 unspecified atom stereocenters. The van der Waals surface area contributed by atoms with Gasteiger partial charge in [0.15, 0.2) is 9.84 Å². The molecule has 0 bridgehead atoms. The summed E-state index contributed by atoms with van der Waals surface area (Å²) in [4.78, 5) is 11.5. The van der Waals surface area contributed by atoms with Crippen LogP contribution in [0.3, 0.4) is 0 Å². The van der Waals surface area contributed by atoms with Crippen molar-refractivity contribution in [3.63, 3.8) is 0 Å². The largest absolute Gasteiger partial charge is 0.350 e. The van der Waals surface area contributed by atoms with Crippen molar-refractivity contribution in [2.75, 3.05) is 18.1 Å². The molecule has 0 aliphatic carbocycles. The summed E-state index contributed by atoms with van der Waals surface area (Å²) in [5, 5.41) is 2.70. The monoisotopic (exact) mass is 264 g/mol. The van der Waals surface area contributed by atoms with Crippen LogP contribution in [0.2, 0.25) is 0 Å². The summed E-state index contributed by atoms with van der Waals surface area (Å²) in [5.74, 6) is -0.158. The minimum absolute atomic E-state index is 0.00150. The normalized spacial score (nSPS) is 12.8. The van der Waals surface area contributed by atoms with E-state index in [1.807, 2.05) is 13.8 Å². The third kappa shape index (κ3) is 8.15. The van der Waals surface area contributed by atoms with Gasteiger partial charge in [-0.05, 0) is 19.8 Å². The van der Waals surface area contributed by atoms with E-state index in [-0.39, 0.29) is 29.8 Å². The van der Waals surface area contributed by atoms with E-state index in [0.29, 0.717) is 6.54 Å². The molecule has 6 heteroatoms. The smallest absolute Gasteiger partial charge is 0.221 e. The number of hydrogen-bond donors (Lipinski definition) is 2. The second kappa shape index (κ2) is 6.35. The highest BCUT2D eigenvalue weighted by Crippen LogP contribution is 2.04. The van der Waals surface area contributed by atoms with E-state index in [2.05, 4.69) is 5.32 Å². The number of nitrogens with one attached hydrogen (secondary N) is 1. The Morgan fingerprint density at radius 2 is 1.88 bits per heavy atom. The standard InChI is InChI=1S/C11H24N2O3S/c1-9(2)7-17(15,16)6-5-10(14)13-11(3,4)8-12/h9H,5-8,12H2,1-4H3,(H,13,14). The Morgan fingerprint density at radius 3 is 2.29 bits per heavy atom. The van der Waals surface area contributed by atoms with Crippen LogP contribution in [-0.4, -0.2) is 37.9 Å². The lowest BCUT2D eigenvalue weighted by Crippen LogP contribution is -2.49. The van der Waals surface area contributed by atoms with Crippen molar-refractivity contribution in [1.82, 2.24) is 5.32 Å². The molecule has 5 nitrogen and oxygen atoms in total. The predicted octanol–water partition coefficient (Wildman–Crippen LogP) is 0.301. The van der Waals surface area contributed by atoms with Crippen molar-refractivity contribution in [2.24, 2.45) is 11.7 Å². The summed E-state index contributed by atoms with van der Waals surface area (Å²) >= 11 is 0. The molecule has 0 aromatic heterocycles. The molecule has 0 fully saturated rings. The van der Waals surface area contributed by atoms with Gasteiger partial charge in [0.1, 0.15) is 0 Å². The first kappa shape index (κ1) is 16.4. The number of amides is 1. The van der Waals surface area contributed by atoms with Gasteiger partial charge in [0.05, 0.1) is 11.5 Å². The van der Waals surface area contributed by atoms with Crippen LogP contribution < -0.4 is 11.1 Å². The fraction of sp³-hybridized carbons (Fsp3) is 0.909. The number of rotatable bonds is 7. The van der Waals surface area contributed by atoms with Crippen molar-refractivity contribution in [3.8, 4) is 0 Å². The molecular weight excluding hydrogens is 240 g/mol. The van der Waals surface area contributed by atoms with Gasteiger partial charge < -0.3 is 11.1 Å². The van der Waals surface area contributed by atoms with E-state index in [1.165, 1.54) is 0 Å². The molecule has 0 radical (unpaired) electrons. The van der Waals surface area contributed by atoms with E-state index >= 15 is 0 Å². The molecule has 0 aliphatic rings. The number of hydrogen-bond acceptors (Lipinski definition) is 4. The lowest BCUT2D eigenvalue weighted by atomic mass is 10.1. The lowest BCUT2D eigenvalue weighted by molar-refractivity contribution is -0.122. The van der Waals surface area contributed by atoms with Crippen LogP contribution >= 0.6 is 0 Å². The Kier molecular flexibility index (Phi) is 6.12. The van der Waals surface area contributed by atoms with E-state index in [9.17, 15) is 13.2 Å². The second-order valence-corrected chi connectivity index (χ2v) is 7.62. The highest BCUT2D eigenvalue weighted by atomic mass is 32.2. The van der Waals surface area contributed by atoms with Crippen molar-refractivity contribution < 1.29 is 13.2 Å². The van der Waals surface area contributed by atoms with Crippen LogP contribution in [0.5, 0.6) is 0 Å². The first-order chi connectivity index (χ1) is 7.58. The predicted molar refractivity (Wildman–Crippen MR) is 69.4 cm³/mol. The number of sulfone groups is 1. The number of carbonyl (C=O) groups excluding carboxylic acids is 1. The van der Waals surface area contributed by atoms with Crippen molar-refractivity contribution >= 4 is 15.7 Å². The molecule has 0 saturated carbocycles. The van der Waals surface area contributed by atoms with E-state index in [4.69, 9.17) is 5.73 Å². The summed E-state index contributed by atoms with van der Waals surface area (Å²) in [6.45, 7) is 7.60. The molecule has 1 amide bonds. The zero-order chi connectivity index (χ0) is 13.7. The summed E-state index contributed by atoms with van der Waals surface area (Å²) in [7, 11) is -3.13. The van der Waals surface area contributed by atoms with E-state index in [0.717, 1.165) is 0 Å². The zero-order valence-corrected chi connectivity index (χ0v) is 11.9. The molecule has 17 heavy (non-hydrogen) atoms. The van der Waals surface area contributed by atoms with Gasteiger partial charge in [-0.3, -0.25) is 4.79 Å². The molecule has 0 rings (SSSR count). The molecule has 0 saturated heterocycles. The molecule has 102 valence electrons. The third-order valence-electron chi connectivity index (χ3n) is 2.22. The van der Waals surface area contributed by atoms with Gasteiger partial charge in [0.25, 0.3) is 0 Å². The van der Waals surface area contributed by atoms with Gasteiger partial charge in [0.2, 0.25) is 5.91 Å². The number of nitrogens with two attached hydrogens (primary N) is 1. The van der Waals surface area contributed by atoms with Gasteiger partial charge in [-0.2, -0.15) is 0 Å². The molecule has 3 N–H and O–H groups in total. The van der Waals surface area contributed by atoms with Gasteiger partial charge >= 0.3 is 0 Å². The topological polar surface area (TPSA) is 89.3 Å². The molecule has 0 aromatic rings.